The van der Waals surface area contributed by atoms with Crippen LogP contribution in [-0.2, 0) is 22.7 Å². The minimum absolute atomic E-state index is 0.269. The van der Waals surface area contributed by atoms with Crippen molar-refractivity contribution in [1.29, 1.82) is 0 Å². The van der Waals surface area contributed by atoms with Gasteiger partial charge in [0.15, 0.2) is 6.79 Å². The van der Waals surface area contributed by atoms with E-state index < -0.39 is 0 Å². The van der Waals surface area contributed by atoms with Crippen LogP contribution in [0.2, 0.25) is 0 Å². The lowest BCUT2D eigenvalue weighted by atomic mass is 10.1. The van der Waals surface area contributed by atoms with Crippen molar-refractivity contribution in [3.8, 4) is 5.75 Å². The van der Waals surface area contributed by atoms with Crippen molar-refractivity contribution in [3.63, 3.8) is 0 Å². The second-order valence-electron chi connectivity index (χ2n) is 3.07. The summed E-state index contributed by atoms with van der Waals surface area (Å²) in [5, 5.41) is 0. The van der Waals surface area contributed by atoms with Crippen LogP contribution in [-0.4, -0.2) is 12.9 Å². The average Bonchev–Trinajstić information content (AvgIpc) is 2.26. The highest BCUT2D eigenvalue weighted by Gasteiger charge is 2.13. The van der Waals surface area contributed by atoms with Crippen LogP contribution < -0.4 is 4.74 Å². The summed E-state index contributed by atoms with van der Waals surface area (Å²) in [4.78, 5) is 13.5. The fraction of sp³-hybridized carbons (Fsp3) is 0.300. The number of ether oxygens (including phenoxy) is 2. The first-order chi connectivity index (χ1) is 7.31. The Morgan fingerprint density at radius 3 is 3.20 bits per heavy atom. The Bertz CT molecular complexity index is 427. The van der Waals surface area contributed by atoms with E-state index in [1.54, 1.807) is 0 Å². The summed E-state index contributed by atoms with van der Waals surface area (Å²) < 4.78 is 11.4. The third kappa shape index (κ3) is 2.26. The van der Waals surface area contributed by atoms with Gasteiger partial charge >= 0.3 is 0 Å². The molecule has 0 fully saturated rings. The number of carbonyl (C=O) groups excluding carboxylic acids is 1. The molecule has 0 aliphatic carbocycles. The molecule has 0 saturated carbocycles. The van der Waals surface area contributed by atoms with Gasteiger partial charge in [-0.05, 0) is 17.7 Å². The van der Waals surface area contributed by atoms with Crippen molar-refractivity contribution < 1.29 is 14.3 Å². The number of hydrogen-bond acceptors (Lipinski definition) is 4. The molecule has 0 bridgehead atoms. The van der Waals surface area contributed by atoms with Crippen LogP contribution in [0.3, 0.4) is 0 Å². The molecule has 0 radical (unpaired) electrons. The fourth-order valence-corrected chi connectivity index (χ4v) is 1.90. The van der Waals surface area contributed by atoms with Crippen molar-refractivity contribution in [3.05, 3.63) is 27.7 Å². The first kappa shape index (κ1) is 10.4. The number of hydrogen-bond donors (Lipinski definition) is 0. The van der Waals surface area contributed by atoms with Crippen LogP contribution in [0.25, 0.3) is 0 Å². The lowest BCUT2D eigenvalue weighted by Crippen LogP contribution is -2.11. The SMILES string of the molecule is O=C=NCc1cc2c(cc1Br)COCO2. The van der Waals surface area contributed by atoms with Crippen molar-refractivity contribution in [2.24, 2.45) is 4.99 Å². The van der Waals surface area contributed by atoms with Crippen LogP contribution in [0.5, 0.6) is 5.75 Å². The van der Waals surface area contributed by atoms with E-state index >= 15 is 0 Å². The molecule has 1 aliphatic rings. The molecule has 0 saturated heterocycles. The minimum Gasteiger partial charge on any atom is -0.467 e. The van der Waals surface area contributed by atoms with E-state index in [0.717, 1.165) is 21.3 Å². The molecular weight excluding hydrogens is 262 g/mol. The first-order valence-corrected chi connectivity index (χ1v) is 5.16. The number of nitrogens with zero attached hydrogens (tertiary/aromatic N) is 1. The zero-order valence-corrected chi connectivity index (χ0v) is 9.41. The predicted molar refractivity (Wildman–Crippen MR) is 56.3 cm³/mol. The molecule has 1 aliphatic heterocycles. The summed E-state index contributed by atoms with van der Waals surface area (Å²) >= 11 is 3.40. The van der Waals surface area contributed by atoms with Crippen molar-refractivity contribution in [2.75, 3.05) is 6.79 Å². The summed E-state index contributed by atoms with van der Waals surface area (Å²) in [6.07, 6.45) is 1.51. The number of aliphatic imine (C=N–C) groups is 1. The van der Waals surface area contributed by atoms with Gasteiger partial charge in [-0.1, -0.05) is 15.9 Å². The van der Waals surface area contributed by atoms with E-state index in [4.69, 9.17) is 9.47 Å². The molecule has 4 nitrogen and oxygen atoms in total. The molecular formula is C10H8BrNO3. The highest BCUT2D eigenvalue weighted by Crippen LogP contribution is 2.30. The number of halogens is 1. The zero-order valence-electron chi connectivity index (χ0n) is 7.83. The molecule has 0 atom stereocenters. The topological polar surface area (TPSA) is 47.9 Å². The quantitative estimate of drug-likeness (QED) is 0.611. The van der Waals surface area contributed by atoms with E-state index in [1.807, 2.05) is 12.1 Å². The van der Waals surface area contributed by atoms with E-state index in [9.17, 15) is 4.79 Å². The Balaban J connectivity index is 2.35. The largest absolute Gasteiger partial charge is 0.467 e. The molecule has 0 unspecified atom stereocenters. The van der Waals surface area contributed by atoms with Crippen LogP contribution in [0.4, 0.5) is 0 Å². The summed E-state index contributed by atoms with van der Waals surface area (Å²) in [6.45, 7) is 1.12. The molecule has 1 aromatic rings. The van der Waals surface area contributed by atoms with Crippen molar-refractivity contribution in [2.45, 2.75) is 13.2 Å². The molecule has 5 heteroatoms. The molecule has 1 heterocycles. The van der Waals surface area contributed by atoms with E-state index in [2.05, 4.69) is 20.9 Å². The van der Waals surface area contributed by atoms with E-state index in [0.29, 0.717) is 13.2 Å². The average molecular weight is 270 g/mol. The first-order valence-electron chi connectivity index (χ1n) is 4.36. The molecule has 15 heavy (non-hydrogen) atoms. The Morgan fingerprint density at radius 2 is 2.40 bits per heavy atom. The van der Waals surface area contributed by atoms with Crippen molar-refractivity contribution in [1.82, 2.24) is 0 Å². The summed E-state index contributed by atoms with van der Waals surface area (Å²) in [5.74, 6) is 0.792. The van der Waals surface area contributed by atoms with Gasteiger partial charge in [-0.3, -0.25) is 0 Å². The normalized spacial score (nSPS) is 13.7. The van der Waals surface area contributed by atoms with Gasteiger partial charge in [0.2, 0.25) is 6.08 Å². The van der Waals surface area contributed by atoms with E-state index in [-0.39, 0.29) is 6.79 Å². The number of benzene rings is 1. The standard InChI is InChI=1S/C10H8BrNO3/c11-9-1-8-4-14-6-15-10(8)2-7(9)3-12-5-13/h1-2H,3-4,6H2. The third-order valence-electron chi connectivity index (χ3n) is 2.10. The van der Waals surface area contributed by atoms with Gasteiger partial charge in [-0.15, -0.1) is 0 Å². The number of fused-ring (bicyclic) bond motifs is 1. The van der Waals surface area contributed by atoms with Crippen LogP contribution in [0.15, 0.2) is 21.6 Å². The highest BCUT2D eigenvalue weighted by molar-refractivity contribution is 9.10. The number of isocyanates is 1. The molecule has 0 spiro atoms. The van der Waals surface area contributed by atoms with Gasteiger partial charge in [0, 0.05) is 10.0 Å². The molecule has 2 rings (SSSR count). The predicted octanol–water partition coefficient (Wildman–Crippen LogP) is 2.15. The fourth-order valence-electron chi connectivity index (χ4n) is 1.38. The second kappa shape index (κ2) is 4.57. The van der Waals surface area contributed by atoms with Crippen LogP contribution in [0.1, 0.15) is 11.1 Å². The summed E-state index contributed by atoms with van der Waals surface area (Å²) in [6, 6.07) is 3.78. The Kier molecular flexibility index (Phi) is 3.16. The third-order valence-corrected chi connectivity index (χ3v) is 2.84. The summed E-state index contributed by atoms with van der Waals surface area (Å²) in [7, 11) is 0. The van der Waals surface area contributed by atoms with Gasteiger partial charge in [0.1, 0.15) is 5.75 Å². The lowest BCUT2D eigenvalue weighted by Gasteiger charge is -2.18. The maximum Gasteiger partial charge on any atom is 0.235 e. The minimum atomic E-state index is 0.269. The van der Waals surface area contributed by atoms with Gasteiger partial charge in [0.05, 0.1) is 13.2 Å². The van der Waals surface area contributed by atoms with Crippen LogP contribution in [0, 0.1) is 0 Å². The Morgan fingerprint density at radius 1 is 1.53 bits per heavy atom. The molecule has 1 aromatic carbocycles. The van der Waals surface area contributed by atoms with Gasteiger partial charge < -0.3 is 9.47 Å². The Labute approximate surface area is 95.0 Å². The maximum absolute atomic E-state index is 10.0. The molecule has 78 valence electrons. The smallest absolute Gasteiger partial charge is 0.235 e. The molecule has 0 aromatic heterocycles. The maximum atomic E-state index is 10.0. The second-order valence-corrected chi connectivity index (χ2v) is 3.92. The highest BCUT2D eigenvalue weighted by atomic mass is 79.9. The molecule has 0 amide bonds. The van der Waals surface area contributed by atoms with Crippen molar-refractivity contribution >= 4 is 22.0 Å². The summed E-state index contributed by atoms with van der Waals surface area (Å²) in [5.41, 5.74) is 1.89. The lowest BCUT2D eigenvalue weighted by molar-refractivity contribution is -0.0164. The Hall–Kier alpha value is -1.16. The number of rotatable bonds is 2. The molecule has 0 N–H and O–H groups in total. The van der Waals surface area contributed by atoms with Gasteiger partial charge in [-0.2, -0.15) is 0 Å². The van der Waals surface area contributed by atoms with E-state index in [1.165, 1.54) is 6.08 Å². The van der Waals surface area contributed by atoms with Crippen LogP contribution >= 0.6 is 15.9 Å². The monoisotopic (exact) mass is 269 g/mol. The zero-order chi connectivity index (χ0) is 10.7. The van der Waals surface area contributed by atoms with Gasteiger partial charge in [-0.25, -0.2) is 9.79 Å². The van der Waals surface area contributed by atoms with Gasteiger partial charge in [0.25, 0.3) is 0 Å².